The van der Waals surface area contributed by atoms with Gasteiger partial charge in [-0.25, -0.2) is 4.98 Å². The predicted octanol–water partition coefficient (Wildman–Crippen LogP) is 3.40. The third kappa shape index (κ3) is 3.20. The van der Waals surface area contributed by atoms with Gasteiger partial charge in [-0.05, 0) is 19.1 Å². The Kier molecular flexibility index (Phi) is 4.32. The van der Waals surface area contributed by atoms with E-state index in [1.807, 2.05) is 24.5 Å². The highest BCUT2D eigenvalue weighted by Crippen LogP contribution is 2.25. The first kappa shape index (κ1) is 16.0. The van der Waals surface area contributed by atoms with Crippen LogP contribution >= 0.6 is 0 Å². The summed E-state index contributed by atoms with van der Waals surface area (Å²) in [5.74, 6) is 2.05. The maximum atomic E-state index is 5.49. The molecule has 3 aromatic rings. The van der Waals surface area contributed by atoms with Crippen molar-refractivity contribution in [3.8, 4) is 5.75 Å². The zero-order valence-electron chi connectivity index (χ0n) is 14.7. The molecule has 0 saturated heterocycles. The first-order valence-electron chi connectivity index (χ1n) is 8.65. The van der Waals surface area contributed by atoms with E-state index in [0.29, 0.717) is 0 Å². The lowest BCUT2D eigenvalue weighted by Gasteiger charge is -2.29. The van der Waals surface area contributed by atoms with Gasteiger partial charge in [0.25, 0.3) is 0 Å². The van der Waals surface area contributed by atoms with Crippen molar-refractivity contribution in [1.82, 2.24) is 14.5 Å². The minimum atomic E-state index is 0.798. The molecule has 1 aromatic carbocycles. The van der Waals surface area contributed by atoms with E-state index >= 15 is 0 Å². The summed E-state index contributed by atoms with van der Waals surface area (Å²) in [7, 11) is 1.72. The van der Waals surface area contributed by atoms with Crippen LogP contribution in [0.4, 0.5) is 0 Å². The molecule has 0 spiro atoms. The lowest BCUT2D eigenvalue weighted by atomic mass is 10.1. The number of para-hydroxylation sites is 1. The average molecular weight is 337 g/mol. The van der Waals surface area contributed by atoms with Crippen molar-refractivity contribution in [1.29, 1.82) is 0 Å². The number of hydrogen-bond donors (Lipinski definition) is 0. The SMILES string of the molecule is COc1ccccc1Cc1nc(C)c2n1CCN(Cc1ccoc1)C2. The van der Waals surface area contributed by atoms with Crippen LogP contribution < -0.4 is 4.74 Å². The normalized spacial score (nSPS) is 14.5. The van der Waals surface area contributed by atoms with Crippen LogP contribution in [0.2, 0.25) is 0 Å². The number of aryl methyl sites for hydroxylation is 1. The Morgan fingerprint density at radius 2 is 2.08 bits per heavy atom. The van der Waals surface area contributed by atoms with Crippen molar-refractivity contribution in [2.24, 2.45) is 0 Å². The summed E-state index contributed by atoms with van der Waals surface area (Å²) in [5, 5.41) is 0. The van der Waals surface area contributed by atoms with Crippen molar-refractivity contribution in [2.75, 3.05) is 13.7 Å². The summed E-state index contributed by atoms with van der Waals surface area (Å²) >= 11 is 0. The van der Waals surface area contributed by atoms with Crippen molar-refractivity contribution in [3.05, 3.63) is 71.2 Å². The van der Waals surface area contributed by atoms with Gasteiger partial charge in [-0.3, -0.25) is 4.90 Å². The molecular formula is C20H23N3O2. The van der Waals surface area contributed by atoms with Crippen LogP contribution in [-0.4, -0.2) is 28.1 Å². The highest BCUT2D eigenvalue weighted by Gasteiger charge is 2.23. The quantitative estimate of drug-likeness (QED) is 0.716. The second kappa shape index (κ2) is 6.76. The minimum Gasteiger partial charge on any atom is -0.496 e. The smallest absolute Gasteiger partial charge is 0.122 e. The van der Waals surface area contributed by atoms with Crippen LogP contribution in [0.25, 0.3) is 0 Å². The molecule has 0 radical (unpaired) electrons. The number of furan rings is 1. The number of fused-ring (bicyclic) bond motifs is 1. The Hall–Kier alpha value is -2.53. The van der Waals surface area contributed by atoms with E-state index < -0.39 is 0 Å². The zero-order chi connectivity index (χ0) is 17.2. The number of aromatic nitrogens is 2. The molecule has 0 bridgehead atoms. The summed E-state index contributed by atoms with van der Waals surface area (Å²) < 4.78 is 13.1. The number of hydrogen-bond acceptors (Lipinski definition) is 4. The highest BCUT2D eigenvalue weighted by atomic mass is 16.5. The van der Waals surface area contributed by atoms with Crippen molar-refractivity contribution < 1.29 is 9.15 Å². The van der Waals surface area contributed by atoms with Crippen LogP contribution in [0.5, 0.6) is 5.75 Å². The molecule has 0 N–H and O–H groups in total. The number of nitrogens with zero attached hydrogens (tertiary/aromatic N) is 3. The molecule has 5 nitrogen and oxygen atoms in total. The molecule has 0 amide bonds. The fourth-order valence-corrected chi connectivity index (χ4v) is 3.60. The van der Waals surface area contributed by atoms with Crippen LogP contribution in [0.15, 0.2) is 47.3 Å². The fourth-order valence-electron chi connectivity index (χ4n) is 3.60. The molecule has 4 rings (SSSR count). The van der Waals surface area contributed by atoms with E-state index in [-0.39, 0.29) is 0 Å². The molecule has 5 heteroatoms. The Bertz CT molecular complexity index is 852. The van der Waals surface area contributed by atoms with Crippen LogP contribution in [-0.2, 0) is 26.1 Å². The van der Waals surface area contributed by atoms with E-state index in [4.69, 9.17) is 14.1 Å². The van der Waals surface area contributed by atoms with Crippen LogP contribution in [0.1, 0.15) is 28.3 Å². The van der Waals surface area contributed by atoms with Gasteiger partial charge >= 0.3 is 0 Å². The Balaban J connectivity index is 1.55. The molecule has 0 fully saturated rings. The molecule has 0 unspecified atom stereocenters. The summed E-state index contributed by atoms with van der Waals surface area (Å²) in [6.45, 7) is 5.95. The van der Waals surface area contributed by atoms with Gasteiger partial charge in [0.2, 0.25) is 0 Å². The first-order valence-corrected chi connectivity index (χ1v) is 8.65. The molecule has 130 valence electrons. The monoisotopic (exact) mass is 337 g/mol. The van der Waals surface area contributed by atoms with Crippen molar-refractivity contribution in [3.63, 3.8) is 0 Å². The second-order valence-corrected chi connectivity index (χ2v) is 6.54. The molecule has 1 aliphatic heterocycles. The Labute approximate surface area is 147 Å². The van der Waals surface area contributed by atoms with Gasteiger partial charge in [-0.1, -0.05) is 18.2 Å². The van der Waals surface area contributed by atoms with Gasteiger partial charge in [-0.15, -0.1) is 0 Å². The fraction of sp³-hybridized carbons (Fsp3) is 0.350. The average Bonchev–Trinajstić information content (AvgIpc) is 3.24. The topological polar surface area (TPSA) is 43.4 Å². The third-order valence-corrected chi connectivity index (χ3v) is 4.89. The molecule has 25 heavy (non-hydrogen) atoms. The minimum absolute atomic E-state index is 0.798. The van der Waals surface area contributed by atoms with Gasteiger partial charge < -0.3 is 13.7 Å². The van der Waals surface area contributed by atoms with E-state index in [1.54, 1.807) is 13.4 Å². The molecule has 2 aromatic heterocycles. The number of imidazole rings is 1. The highest BCUT2D eigenvalue weighted by molar-refractivity contribution is 5.36. The molecule has 0 atom stereocenters. The number of methoxy groups -OCH3 is 1. The summed E-state index contributed by atoms with van der Waals surface area (Å²) in [4.78, 5) is 7.30. The largest absolute Gasteiger partial charge is 0.496 e. The van der Waals surface area contributed by atoms with Gasteiger partial charge in [0.15, 0.2) is 0 Å². The lowest BCUT2D eigenvalue weighted by Crippen LogP contribution is -2.33. The Morgan fingerprint density at radius 3 is 2.88 bits per heavy atom. The van der Waals surface area contributed by atoms with Gasteiger partial charge in [0, 0.05) is 43.7 Å². The molecule has 0 aliphatic carbocycles. The second-order valence-electron chi connectivity index (χ2n) is 6.54. The number of rotatable bonds is 5. The van der Waals surface area contributed by atoms with Gasteiger partial charge in [-0.2, -0.15) is 0 Å². The van der Waals surface area contributed by atoms with Gasteiger partial charge in [0.05, 0.1) is 31.0 Å². The number of benzene rings is 1. The summed E-state index contributed by atoms with van der Waals surface area (Å²) in [6.07, 6.45) is 4.36. The number of ether oxygens (including phenoxy) is 1. The maximum absolute atomic E-state index is 5.49. The summed E-state index contributed by atoms with van der Waals surface area (Å²) in [5.41, 5.74) is 4.85. The van der Waals surface area contributed by atoms with Crippen LogP contribution in [0.3, 0.4) is 0 Å². The molecule has 3 heterocycles. The standard InChI is InChI=1S/C20H23N3O2/c1-15-18-13-22(12-16-7-10-25-14-16)8-9-23(18)20(21-15)11-17-5-3-4-6-19(17)24-2/h3-7,10,14H,8-9,11-13H2,1-2H3. The van der Waals surface area contributed by atoms with E-state index in [0.717, 1.165) is 49.9 Å². The molecule has 1 aliphatic rings. The van der Waals surface area contributed by atoms with Gasteiger partial charge in [0.1, 0.15) is 11.6 Å². The van der Waals surface area contributed by atoms with Crippen molar-refractivity contribution in [2.45, 2.75) is 33.0 Å². The van der Waals surface area contributed by atoms with Crippen LogP contribution in [0, 0.1) is 6.92 Å². The van der Waals surface area contributed by atoms with E-state index in [9.17, 15) is 0 Å². The molecular weight excluding hydrogens is 314 g/mol. The molecule has 0 saturated carbocycles. The predicted molar refractivity (Wildman–Crippen MR) is 95.6 cm³/mol. The maximum Gasteiger partial charge on any atom is 0.122 e. The first-order chi connectivity index (χ1) is 12.2. The third-order valence-electron chi connectivity index (χ3n) is 4.89. The zero-order valence-corrected chi connectivity index (χ0v) is 14.7. The summed E-state index contributed by atoms with van der Waals surface area (Å²) in [6, 6.07) is 10.2. The van der Waals surface area contributed by atoms with E-state index in [1.165, 1.54) is 16.8 Å². The van der Waals surface area contributed by atoms with Crippen molar-refractivity contribution >= 4 is 0 Å². The Morgan fingerprint density at radius 1 is 1.20 bits per heavy atom. The van der Waals surface area contributed by atoms with E-state index in [2.05, 4.69) is 28.5 Å². The lowest BCUT2D eigenvalue weighted by molar-refractivity contribution is 0.210.